The van der Waals surface area contributed by atoms with Crippen LogP contribution in [0, 0.1) is 6.92 Å². The summed E-state index contributed by atoms with van der Waals surface area (Å²) in [6, 6.07) is 7.48. The molecule has 6 nitrogen and oxygen atoms in total. The van der Waals surface area contributed by atoms with E-state index < -0.39 is 0 Å². The molecule has 1 aliphatic rings. The second-order valence-corrected chi connectivity index (χ2v) is 5.44. The number of hydrogen-bond donors (Lipinski definition) is 1. The first kappa shape index (κ1) is 13.8. The van der Waals surface area contributed by atoms with E-state index >= 15 is 0 Å². The molecule has 2 heterocycles. The largest absolute Gasteiger partial charge is 0.348 e. The molecular formula is C15H18N4O2. The average molecular weight is 286 g/mol. The molecule has 0 radical (unpaired) electrons. The van der Waals surface area contributed by atoms with Crippen LogP contribution in [0.1, 0.15) is 22.7 Å². The molecule has 21 heavy (non-hydrogen) atoms. The molecule has 0 spiro atoms. The topological polar surface area (TPSA) is 71.3 Å². The highest BCUT2D eigenvalue weighted by atomic mass is 16.5. The number of carbonyl (C=O) groups is 1. The minimum Gasteiger partial charge on any atom is -0.348 e. The van der Waals surface area contributed by atoms with Crippen molar-refractivity contribution in [1.29, 1.82) is 0 Å². The van der Waals surface area contributed by atoms with Crippen molar-refractivity contribution in [3.63, 3.8) is 0 Å². The smallest absolute Gasteiger partial charge is 0.251 e. The molecule has 110 valence electrons. The van der Waals surface area contributed by atoms with Crippen molar-refractivity contribution in [2.45, 2.75) is 19.4 Å². The Hall–Kier alpha value is -2.21. The number of likely N-dealkylation sites (tertiary alicyclic amines) is 1. The lowest BCUT2D eigenvalue weighted by atomic mass is 10.1. The monoisotopic (exact) mass is 286 g/mol. The number of nitrogens with zero attached hydrogens (tertiary/aromatic N) is 3. The van der Waals surface area contributed by atoms with E-state index in [1.54, 1.807) is 19.1 Å². The fraction of sp³-hybridized carbons (Fsp3) is 0.400. The molecule has 1 aliphatic heterocycles. The Balaban J connectivity index is 1.67. The molecule has 1 atom stereocenters. The van der Waals surface area contributed by atoms with Crippen LogP contribution in [-0.2, 0) is 0 Å². The van der Waals surface area contributed by atoms with Gasteiger partial charge >= 0.3 is 0 Å². The molecule has 0 unspecified atom stereocenters. The van der Waals surface area contributed by atoms with E-state index in [-0.39, 0.29) is 11.9 Å². The van der Waals surface area contributed by atoms with E-state index in [1.165, 1.54) is 0 Å². The molecule has 3 rings (SSSR count). The Morgan fingerprint density at radius 2 is 2.14 bits per heavy atom. The van der Waals surface area contributed by atoms with Crippen molar-refractivity contribution in [3.05, 3.63) is 35.7 Å². The molecule has 1 N–H and O–H groups in total. The molecule has 1 aromatic carbocycles. The third-order valence-corrected chi connectivity index (χ3v) is 3.66. The Bertz CT molecular complexity index is 635. The number of carbonyl (C=O) groups excluding carboxylic acids is 1. The van der Waals surface area contributed by atoms with Gasteiger partial charge in [-0.15, -0.1) is 0 Å². The highest BCUT2D eigenvalue weighted by Crippen LogP contribution is 2.16. The van der Waals surface area contributed by atoms with Crippen LogP contribution < -0.4 is 5.32 Å². The predicted molar refractivity (Wildman–Crippen MR) is 77.8 cm³/mol. The SMILES string of the molecule is Cc1nc(-c2ccc(C(=O)N[C@@H]3CCN(C)C3)cc2)no1. The van der Waals surface area contributed by atoms with E-state index in [1.807, 2.05) is 12.1 Å². The maximum Gasteiger partial charge on any atom is 0.251 e. The summed E-state index contributed by atoms with van der Waals surface area (Å²) in [5.74, 6) is 1.03. The van der Waals surface area contributed by atoms with Crippen LogP contribution in [0.15, 0.2) is 28.8 Å². The lowest BCUT2D eigenvalue weighted by Gasteiger charge is -2.12. The number of hydrogen-bond acceptors (Lipinski definition) is 5. The van der Waals surface area contributed by atoms with Crippen LogP contribution in [0.3, 0.4) is 0 Å². The van der Waals surface area contributed by atoms with Gasteiger partial charge in [-0.25, -0.2) is 0 Å². The van der Waals surface area contributed by atoms with Crippen LogP contribution in [0.4, 0.5) is 0 Å². The summed E-state index contributed by atoms with van der Waals surface area (Å²) in [7, 11) is 2.06. The van der Waals surface area contributed by atoms with Crippen LogP contribution in [0.2, 0.25) is 0 Å². The molecule has 1 fully saturated rings. The Labute approximate surface area is 123 Å². The zero-order valence-electron chi connectivity index (χ0n) is 12.2. The summed E-state index contributed by atoms with van der Waals surface area (Å²) in [6.07, 6.45) is 1.00. The predicted octanol–water partition coefficient (Wildman–Crippen LogP) is 1.48. The molecule has 6 heteroatoms. The lowest BCUT2D eigenvalue weighted by molar-refractivity contribution is 0.0938. The van der Waals surface area contributed by atoms with E-state index in [9.17, 15) is 4.79 Å². The number of rotatable bonds is 3. The summed E-state index contributed by atoms with van der Waals surface area (Å²) in [5, 5.41) is 6.92. The maximum absolute atomic E-state index is 12.2. The first-order valence-corrected chi connectivity index (χ1v) is 7.02. The van der Waals surface area contributed by atoms with Crippen LogP contribution in [0.5, 0.6) is 0 Å². The summed E-state index contributed by atoms with van der Waals surface area (Å²) >= 11 is 0. The van der Waals surface area contributed by atoms with Crippen molar-refractivity contribution in [2.24, 2.45) is 0 Å². The van der Waals surface area contributed by atoms with E-state index in [0.29, 0.717) is 17.3 Å². The quantitative estimate of drug-likeness (QED) is 0.925. The van der Waals surface area contributed by atoms with Gasteiger partial charge in [-0.05, 0) is 32.1 Å². The normalized spacial score (nSPS) is 18.9. The Morgan fingerprint density at radius 3 is 2.71 bits per heavy atom. The zero-order valence-corrected chi connectivity index (χ0v) is 12.2. The molecule has 0 saturated carbocycles. The first-order chi connectivity index (χ1) is 10.1. The Kier molecular flexibility index (Phi) is 3.70. The highest BCUT2D eigenvalue weighted by Gasteiger charge is 2.21. The second-order valence-electron chi connectivity index (χ2n) is 5.44. The fourth-order valence-corrected chi connectivity index (χ4v) is 2.51. The average Bonchev–Trinajstić information content (AvgIpc) is 3.08. The summed E-state index contributed by atoms with van der Waals surface area (Å²) in [5.41, 5.74) is 1.48. The van der Waals surface area contributed by atoms with Crippen molar-refractivity contribution in [1.82, 2.24) is 20.4 Å². The van der Waals surface area contributed by atoms with Crippen molar-refractivity contribution < 1.29 is 9.32 Å². The van der Waals surface area contributed by atoms with Crippen LogP contribution in [-0.4, -0.2) is 47.1 Å². The third-order valence-electron chi connectivity index (χ3n) is 3.66. The number of nitrogens with one attached hydrogen (secondary N) is 1. The lowest BCUT2D eigenvalue weighted by Crippen LogP contribution is -2.36. The zero-order chi connectivity index (χ0) is 14.8. The summed E-state index contributed by atoms with van der Waals surface area (Å²) in [4.78, 5) is 18.6. The van der Waals surface area contributed by atoms with Gasteiger partial charge in [0.15, 0.2) is 0 Å². The number of amides is 1. The summed E-state index contributed by atoms with van der Waals surface area (Å²) in [6.45, 7) is 3.68. The standard InChI is InChI=1S/C15H18N4O2/c1-10-16-14(18-21-10)11-3-5-12(6-4-11)15(20)17-13-7-8-19(2)9-13/h3-6,13H,7-9H2,1-2H3,(H,17,20)/t13-/m1/s1. The van der Waals surface area contributed by atoms with Crippen molar-refractivity contribution in [2.75, 3.05) is 20.1 Å². The van der Waals surface area contributed by atoms with Gasteiger partial charge in [0.1, 0.15) is 0 Å². The highest BCUT2D eigenvalue weighted by molar-refractivity contribution is 5.94. The van der Waals surface area contributed by atoms with Gasteiger partial charge in [0.05, 0.1) is 0 Å². The molecule has 0 bridgehead atoms. The first-order valence-electron chi connectivity index (χ1n) is 7.02. The number of aryl methyl sites for hydroxylation is 1. The molecule has 1 saturated heterocycles. The molecule has 0 aliphatic carbocycles. The van der Waals surface area contributed by atoms with Crippen molar-refractivity contribution >= 4 is 5.91 Å². The van der Waals surface area contributed by atoms with Gasteiger partial charge in [0.2, 0.25) is 11.7 Å². The Morgan fingerprint density at radius 1 is 1.38 bits per heavy atom. The minimum atomic E-state index is -0.0360. The van der Waals surface area contributed by atoms with E-state index in [4.69, 9.17) is 4.52 Å². The van der Waals surface area contributed by atoms with Gasteiger partial charge in [-0.3, -0.25) is 4.79 Å². The summed E-state index contributed by atoms with van der Waals surface area (Å²) < 4.78 is 4.95. The second kappa shape index (κ2) is 5.65. The molecule has 1 amide bonds. The number of aromatic nitrogens is 2. The maximum atomic E-state index is 12.2. The minimum absolute atomic E-state index is 0.0360. The van der Waals surface area contributed by atoms with Gasteiger partial charge < -0.3 is 14.7 Å². The fourth-order valence-electron chi connectivity index (χ4n) is 2.51. The van der Waals surface area contributed by atoms with Crippen LogP contribution in [0.25, 0.3) is 11.4 Å². The van der Waals surface area contributed by atoms with E-state index in [2.05, 4.69) is 27.4 Å². The van der Waals surface area contributed by atoms with Gasteiger partial charge in [0, 0.05) is 30.6 Å². The van der Waals surface area contributed by atoms with Crippen LogP contribution >= 0.6 is 0 Å². The molecule has 2 aromatic rings. The number of benzene rings is 1. The number of likely N-dealkylation sites (N-methyl/N-ethyl adjacent to an activating group) is 1. The van der Waals surface area contributed by atoms with Gasteiger partial charge in [-0.1, -0.05) is 17.3 Å². The van der Waals surface area contributed by atoms with Crippen molar-refractivity contribution in [3.8, 4) is 11.4 Å². The molecule has 1 aromatic heterocycles. The van der Waals surface area contributed by atoms with Gasteiger partial charge in [0.25, 0.3) is 5.91 Å². The van der Waals surface area contributed by atoms with Gasteiger partial charge in [-0.2, -0.15) is 4.98 Å². The van der Waals surface area contributed by atoms with E-state index in [0.717, 1.165) is 25.1 Å². The third kappa shape index (κ3) is 3.11. The molecular weight excluding hydrogens is 268 g/mol.